The third-order valence-corrected chi connectivity index (χ3v) is 3.58. The zero-order chi connectivity index (χ0) is 15.0. The molecule has 0 radical (unpaired) electrons. The van der Waals surface area contributed by atoms with Crippen molar-refractivity contribution in [2.45, 2.75) is 12.8 Å². The number of rotatable bonds is 8. The lowest BCUT2D eigenvalue weighted by Crippen LogP contribution is -2.46. The van der Waals surface area contributed by atoms with Gasteiger partial charge in [-0.2, -0.15) is 0 Å². The second-order valence-corrected chi connectivity index (χ2v) is 4.99. The molecule has 1 amide bonds. The monoisotopic (exact) mass is 288 g/mol. The molecule has 20 heavy (non-hydrogen) atoms. The summed E-state index contributed by atoms with van der Waals surface area (Å²) in [6.07, 6.45) is 1.03. The van der Waals surface area contributed by atoms with Crippen LogP contribution in [-0.4, -0.2) is 84.9 Å². The van der Waals surface area contributed by atoms with E-state index in [2.05, 4.69) is 0 Å². The standard InChI is InChI=1S/C13H24N2O5/c1-20-9-7-14(6-8-16)10-12(17)15-4-2-11(3-5-15)13(18)19/h11,16H,2-10H2,1H3,(H,18,19). The van der Waals surface area contributed by atoms with Gasteiger partial charge in [-0.15, -0.1) is 0 Å². The molecule has 7 heteroatoms. The van der Waals surface area contributed by atoms with Gasteiger partial charge in [0.2, 0.25) is 5.91 Å². The van der Waals surface area contributed by atoms with Crippen LogP contribution in [0.15, 0.2) is 0 Å². The quantitative estimate of drug-likeness (QED) is 0.611. The van der Waals surface area contributed by atoms with E-state index < -0.39 is 5.97 Å². The SMILES string of the molecule is COCCN(CCO)CC(=O)N1CCC(C(=O)O)CC1. The Labute approximate surface area is 119 Å². The molecule has 1 rings (SSSR count). The predicted octanol–water partition coefficient (Wildman–Crippen LogP) is -0.750. The number of piperidine rings is 1. The molecule has 0 aromatic heterocycles. The highest BCUT2D eigenvalue weighted by Gasteiger charge is 2.27. The Hall–Kier alpha value is -1.18. The summed E-state index contributed by atoms with van der Waals surface area (Å²) in [6, 6.07) is 0. The Morgan fingerprint density at radius 2 is 1.95 bits per heavy atom. The second kappa shape index (κ2) is 8.89. The van der Waals surface area contributed by atoms with Crippen LogP contribution in [0.1, 0.15) is 12.8 Å². The van der Waals surface area contributed by atoms with Crippen molar-refractivity contribution in [1.29, 1.82) is 0 Å². The predicted molar refractivity (Wildman–Crippen MR) is 72.3 cm³/mol. The average molecular weight is 288 g/mol. The Bertz CT molecular complexity index is 316. The van der Waals surface area contributed by atoms with E-state index in [4.69, 9.17) is 14.9 Å². The first kappa shape index (κ1) is 16.9. The summed E-state index contributed by atoms with van der Waals surface area (Å²) in [6.45, 7) is 2.75. The smallest absolute Gasteiger partial charge is 0.306 e. The van der Waals surface area contributed by atoms with Crippen molar-refractivity contribution in [3.8, 4) is 0 Å². The molecule has 0 saturated carbocycles. The fraction of sp³-hybridized carbons (Fsp3) is 0.846. The number of carboxylic acids is 1. The van der Waals surface area contributed by atoms with Crippen LogP contribution in [0.25, 0.3) is 0 Å². The Balaban J connectivity index is 2.39. The number of aliphatic hydroxyl groups is 1. The van der Waals surface area contributed by atoms with Crippen LogP contribution in [0, 0.1) is 5.92 Å². The van der Waals surface area contributed by atoms with Gasteiger partial charge in [-0.3, -0.25) is 14.5 Å². The lowest BCUT2D eigenvalue weighted by molar-refractivity contribution is -0.146. The zero-order valence-electron chi connectivity index (χ0n) is 12.0. The Morgan fingerprint density at radius 3 is 2.45 bits per heavy atom. The first-order chi connectivity index (χ1) is 9.58. The summed E-state index contributed by atoms with van der Waals surface area (Å²) in [4.78, 5) is 26.5. The van der Waals surface area contributed by atoms with Crippen molar-refractivity contribution < 1.29 is 24.5 Å². The van der Waals surface area contributed by atoms with Gasteiger partial charge < -0.3 is 19.8 Å². The molecule has 1 heterocycles. The minimum Gasteiger partial charge on any atom is -0.481 e. The average Bonchev–Trinajstić information content (AvgIpc) is 2.45. The maximum absolute atomic E-state index is 12.1. The number of carbonyl (C=O) groups excluding carboxylic acids is 1. The molecule has 0 aliphatic carbocycles. The molecule has 0 unspecified atom stereocenters. The van der Waals surface area contributed by atoms with E-state index in [9.17, 15) is 9.59 Å². The molecule has 0 aromatic carbocycles. The van der Waals surface area contributed by atoms with Crippen LogP contribution in [0.4, 0.5) is 0 Å². The highest BCUT2D eigenvalue weighted by Crippen LogP contribution is 2.17. The molecule has 116 valence electrons. The lowest BCUT2D eigenvalue weighted by atomic mass is 9.97. The molecule has 0 bridgehead atoms. The number of methoxy groups -OCH3 is 1. The summed E-state index contributed by atoms with van der Waals surface area (Å²) in [7, 11) is 1.59. The van der Waals surface area contributed by atoms with Crippen molar-refractivity contribution in [3.63, 3.8) is 0 Å². The Kier molecular flexibility index (Phi) is 7.50. The first-order valence-corrected chi connectivity index (χ1v) is 6.91. The third kappa shape index (κ3) is 5.44. The number of hydrogen-bond acceptors (Lipinski definition) is 5. The minimum atomic E-state index is -0.779. The number of carbonyl (C=O) groups is 2. The number of carboxylic acid groups (broad SMARTS) is 1. The molecule has 0 aromatic rings. The van der Waals surface area contributed by atoms with Crippen LogP contribution in [-0.2, 0) is 14.3 Å². The first-order valence-electron chi connectivity index (χ1n) is 6.91. The lowest BCUT2D eigenvalue weighted by Gasteiger charge is -2.32. The molecular weight excluding hydrogens is 264 g/mol. The molecule has 1 fully saturated rings. The van der Waals surface area contributed by atoms with Crippen molar-refractivity contribution in [1.82, 2.24) is 9.80 Å². The van der Waals surface area contributed by atoms with Crippen LogP contribution in [0.3, 0.4) is 0 Å². The molecule has 7 nitrogen and oxygen atoms in total. The number of aliphatic hydroxyl groups excluding tert-OH is 1. The number of nitrogens with zero attached hydrogens (tertiary/aromatic N) is 2. The Morgan fingerprint density at radius 1 is 1.30 bits per heavy atom. The molecular formula is C13H24N2O5. The zero-order valence-corrected chi connectivity index (χ0v) is 12.0. The highest BCUT2D eigenvalue weighted by atomic mass is 16.5. The van der Waals surface area contributed by atoms with Gasteiger partial charge in [0, 0.05) is 33.3 Å². The number of likely N-dealkylation sites (tertiary alicyclic amines) is 1. The summed E-state index contributed by atoms with van der Waals surface area (Å²) >= 11 is 0. The highest BCUT2D eigenvalue weighted by molar-refractivity contribution is 5.79. The van der Waals surface area contributed by atoms with E-state index in [1.54, 1.807) is 12.0 Å². The molecule has 1 saturated heterocycles. The van der Waals surface area contributed by atoms with Gasteiger partial charge in [0.15, 0.2) is 0 Å². The largest absolute Gasteiger partial charge is 0.481 e. The van der Waals surface area contributed by atoms with Crippen molar-refractivity contribution in [2.75, 3.05) is 53.0 Å². The maximum Gasteiger partial charge on any atom is 0.306 e. The number of hydrogen-bond donors (Lipinski definition) is 2. The maximum atomic E-state index is 12.1. The van der Waals surface area contributed by atoms with Gasteiger partial charge in [-0.05, 0) is 12.8 Å². The summed E-state index contributed by atoms with van der Waals surface area (Å²) < 4.78 is 4.97. The van der Waals surface area contributed by atoms with Gasteiger partial charge in [0.1, 0.15) is 0 Å². The van der Waals surface area contributed by atoms with E-state index in [0.717, 1.165) is 0 Å². The minimum absolute atomic E-state index is 0.00190. The van der Waals surface area contributed by atoms with Crippen molar-refractivity contribution in [2.24, 2.45) is 5.92 Å². The molecule has 1 aliphatic heterocycles. The van der Waals surface area contributed by atoms with Crippen molar-refractivity contribution >= 4 is 11.9 Å². The fourth-order valence-electron chi connectivity index (χ4n) is 2.30. The second-order valence-electron chi connectivity index (χ2n) is 4.99. The van der Waals surface area contributed by atoms with Gasteiger partial charge in [0.05, 0.1) is 25.7 Å². The van der Waals surface area contributed by atoms with Crippen molar-refractivity contribution in [3.05, 3.63) is 0 Å². The van der Waals surface area contributed by atoms with E-state index in [-0.39, 0.29) is 25.0 Å². The number of ether oxygens (including phenoxy) is 1. The molecule has 0 spiro atoms. The van der Waals surface area contributed by atoms with E-state index in [0.29, 0.717) is 45.6 Å². The van der Waals surface area contributed by atoms with Crippen LogP contribution >= 0.6 is 0 Å². The van der Waals surface area contributed by atoms with Gasteiger partial charge in [-0.1, -0.05) is 0 Å². The van der Waals surface area contributed by atoms with Gasteiger partial charge in [-0.25, -0.2) is 0 Å². The number of aliphatic carboxylic acids is 1. The van der Waals surface area contributed by atoms with E-state index in [1.807, 2.05) is 4.90 Å². The van der Waals surface area contributed by atoms with Crippen LogP contribution in [0.5, 0.6) is 0 Å². The normalized spacial score (nSPS) is 16.6. The molecule has 0 atom stereocenters. The summed E-state index contributed by atoms with van der Waals surface area (Å²) in [5, 5.41) is 17.9. The molecule has 2 N–H and O–H groups in total. The number of amides is 1. The summed E-state index contributed by atoms with van der Waals surface area (Å²) in [5.41, 5.74) is 0. The van der Waals surface area contributed by atoms with Gasteiger partial charge >= 0.3 is 5.97 Å². The van der Waals surface area contributed by atoms with E-state index >= 15 is 0 Å². The van der Waals surface area contributed by atoms with Gasteiger partial charge in [0.25, 0.3) is 0 Å². The van der Waals surface area contributed by atoms with Crippen LogP contribution in [0.2, 0.25) is 0 Å². The van der Waals surface area contributed by atoms with Crippen LogP contribution < -0.4 is 0 Å². The molecule has 1 aliphatic rings. The third-order valence-electron chi connectivity index (χ3n) is 3.58. The summed E-state index contributed by atoms with van der Waals surface area (Å²) in [5.74, 6) is -1.13. The fourth-order valence-corrected chi connectivity index (χ4v) is 2.30. The van der Waals surface area contributed by atoms with E-state index in [1.165, 1.54) is 0 Å². The topological polar surface area (TPSA) is 90.3 Å².